The van der Waals surface area contributed by atoms with Crippen molar-refractivity contribution in [1.29, 1.82) is 0 Å². The third kappa shape index (κ3) is 3.00. The fourth-order valence-electron chi connectivity index (χ4n) is 4.22. The van der Waals surface area contributed by atoms with Crippen LogP contribution in [0, 0.1) is 0 Å². The summed E-state index contributed by atoms with van der Waals surface area (Å²) in [5.41, 5.74) is 2.03. The van der Waals surface area contributed by atoms with Gasteiger partial charge in [0.05, 0.1) is 11.1 Å². The number of thiazole rings is 1. The fourth-order valence-corrected chi connectivity index (χ4v) is 5.25. The number of pyridine rings is 1. The minimum absolute atomic E-state index is 0.126. The van der Waals surface area contributed by atoms with E-state index in [-0.39, 0.29) is 11.5 Å². The van der Waals surface area contributed by atoms with Crippen LogP contribution in [0.25, 0.3) is 15.7 Å². The third-order valence-corrected chi connectivity index (χ3v) is 6.72. The van der Waals surface area contributed by atoms with Crippen molar-refractivity contribution in [1.82, 2.24) is 4.40 Å². The number of aromatic nitrogens is 1. The first-order valence-electron chi connectivity index (χ1n) is 10.0. The molecule has 0 amide bonds. The number of ether oxygens (including phenoxy) is 1. The average Bonchev–Trinajstić information content (AvgIpc) is 3.10. The number of rotatable bonds is 8. The lowest BCUT2D eigenvalue weighted by atomic mass is 9.90. The molecule has 5 nitrogen and oxygen atoms in total. The summed E-state index contributed by atoms with van der Waals surface area (Å²) in [6, 6.07) is 3.88. The maximum Gasteiger partial charge on any atom is 0.342 e. The number of carboxylic acid groups (broad SMARTS) is 1. The molecular formula is C22H25NO4S. The molecule has 1 unspecified atom stereocenters. The number of benzene rings is 1. The molecule has 0 saturated heterocycles. The summed E-state index contributed by atoms with van der Waals surface area (Å²) < 4.78 is 7.78. The van der Waals surface area contributed by atoms with Crippen molar-refractivity contribution in [2.75, 3.05) is 0 Å². The number of hydrogen-bond acceptors (Lipinski definition) is 4. The molecule has 0 saturated carbocycles. The molecule has 0 fully saturated rings. The highest BCUT2D eigenvalue weighted by atomic mass is 32.1. The topological polar surface area (TPSA) is 68.0 Å². The summed E-state index contributed by atoms with van der Waals surface area (Å²) in [7, 11) is 0. The molecule has 4 rings (SSSR count). The molecule has 28 heavy (non-hydrogen) atoms. The van der Waals surface area contributed by atoms with Gasteiger partial charge in [-0.25, -0.2) is 4.79 Å². The first kappa shape index (κ1) is 19.0. The van der Waals surface area contributed by atoms with Crippen LogP contribution in [0.3, 0.4) is 0 Å². The van der Waals surface area contributed by atoms with Crippen molar-refractivity contribution >= 4 is 33.0 Å². The molecule has 1 atom stereocenters. The van der Waals surface area contributed by atoms with E-state index in [2.05, 4.69) is 13.8 Å². The maximum atomic E-state index is 13.3. The molecule has 1 N–H and O–H groups in total. The summed E-state index contributed by atoms with van der Waals surface area (Å²) in [5.74, 6) is -0.321. The lowest BCUT2D eigenvalue weighted by Gasteiger charge is -2.22. The second-order valence-corrected chi connectivity index (χ2v) is 8.50. The van der Waals surface area contributed by atoms with Crippen LogP contribution in [-0.4, -0.2) is 15.5 Å². The van der Waals surface area contributed by atoms with Crippen molar-refractivity contribution in [2.24, 2.45) is 0 Å². The van der Waals surface area contributed by atoms with Gasteiger partial charge in [0, 0.05) is 5.38 Å². The lowest BCUT2D eigenvalue weighted by molar-refractivity contribution is 0.0697. The van der Waals surface area contributed by atoms with Gasteiger partial charge in [0.25, 0.3) is 0 Å². The van der Waals surface area contributed by atoms with Gasteiger partial charge in [0.2, 0.25) is 5.43 Å². The first-order chi connectivity index (χ1) is 13.5. The highest BCUT2D eigenvalue weighted by Gasteiger charge is 2.28. The molecule has 1 aromatic carbocycles. The van der Waals surface area contributed by atoms with Crippen LogP contribution < -0.4 is 10.2 Å². The number of carboxylic acids is 1. The molecule has 6 heteroatoms. The number of aromatic carboxylic acids is 1. The second kappa shape index (κ2) is 7.59. The van der Waals surface area contributed by atoms with Crippen molar-refractivity contribution in [2.45, 2.75) is 64.9 Å². The Labute approximate surface area is 167 Å². The van der Waals surface area contributed by atoms with Crippen LogP contribution >= 0.6 is 11.3 Å². The molecule has 0 bridgehead atoms. The van der Waals surface area contributed by atoms with Crippen LogP contribution in [0.4, 0.5) is 0 Å². The standard InChI is InChI=1S/C22H25NO4S/c1-3-4-5-6-7-8-13(2)15-9-10-16-19-17(15)20(24)18(22(25)26)21-23(19)14(11-27-16)12-28-21/h9-10,12-13H,3-8,11H2,1-2H3,(H,25,26). The van der Waals surface area contributed by atoms with Crippen molar-refractivity contribution in [3.8, 4) is 5.75 Å². The zero-order chi connectivity index (χ0) is 19.8. The highest BCUT2D eigenvalue weighted by Crippen LogP contribution is 2.38. The Bertz CT molecular complexity index is 1110. The fraction of sp³-hybridized carbons (Fsp3) is 0.455. The van der Waals surface area contributed by atoms with E-state index in [9.17, 15) is 14.7 Å². The zero-order valence-electron chi connectivity index (χ0n) is 16.3. The average molecular weight is 400 g/mol. The van der Waals surface area contributed by atoms with E-state index in [1.54, 1.807) is 0 Å². The van der Waals surface area contributed by atoms with Gasteiger partial charge in [-0.1, -0.05) is 52.0 Å². The Morgan fingerprint density at radius 3 is 2.82 bits per heavy atom. The van der Waals surface area contributed by atoms with E-state index >= 15 is 0 Å². The van der Waals surface area contributed by atoms with E-state index in [1.807, 2.05) is 21.9 Å². The van der Waals surface area contributed by atoms with Gasteiger partial charge in [-0.15, -0.1) is 11.3 Å². The summed E-state index contributed by atoms with van der Waals surface area (Å²) in [6.07, 6.45) is 7.00. The van der Waals surface area contributed by atoms with Gasteiger partial charge < -0.3 is 9.84 Å². The highest BCUT2D eigenvalue weighted by molar-refractivity contribution is 7.16. The molecule has 1 aliphatic rings. The number of carbonyl (C=O) groups is 1. The smallest absolute Gasteiger partial charge is 0.342 e. The number of unbranched alkanes of at least 4 members (excludes halogenated alkanes) is 4. The van der Waals surface area contributed by atoms with Gasteiger partial charge in [0.15, 0.2) is 0 Å². The van der Waals surface area contributed by atoms with E-state index in [1.165, 1.54) is 37.0 Å². The van der Waals surface area contributed by atoms with Crippen molar-refractivity contribution < 1.29 is 14.6 Å². The molecule has 0 radical (unpaired) electrons. The molecule has 3 heterocycles. The van der Waals surface area contributed by atoms with Gasteiger partial charge in [-0.2, -0.15) is 0 Å². The van der Waals surface area contributed by atoms with E-state index in [0.29, 0.717) is 22.6 Å². The van der Waals surface area contributed by atoms with E-state index in [0.717, 1.165) is 29.6 Å². The second-order valence-electron chi connectivity index (χ2n) is 7.65. The molecular weight excluding hydrogens is 374 g/mol. The molecule has 148 valence electrons. The third-order valence-electron chi connectivity index (χ3n) is 5.72. The zero-order valence-corrected chi connectivity index (χ0v) is 17.1. The van der Waals surface area contributed by atoms with Crippen LogP contribution in [0.15, 0.2) is 22.3 Å². The molecule has 0 aliphatic carbocycles. The lowest BCUT2D eigenvalue weighted by Crippen LogP contribution is -2.21. The summed E-state index contributed by atoms with van der Waals surface area (Å²) in [5, 5.41) is 12.1. The molecule has 2 aromatic heterocycles. The Morgan fingerprint density at radius 1 is 1.29 bits per heavy atom. The predicted octanol–water partition coefficient (Wildman–Crippen LogP) is 5.57. The summed E-state index contributed by atoms with van der Waals surface area (Å²) >= 11 is 1.29. The molecule has 3 aromatic rings. The quantitative estimate of drug-likeness (QED) is 0.503. The van der Waals surface area contributed by atoms with E-state index in [4.69, 9.17) is 4.74 Å². The molecule has 0 spiro atoms. The molecule has 1 aliphatic heterocycles. The van der Waals surface area contributed by atoms with Crippen LogP contribution in [0.5, 0.6) is 5.75 Å². The maximum absolute atomic E-state index is 13.3. The van der Waals surface area contributed by atoms with Crippen LogP contribution in [-0.2, 0) is 6.61 Å². The summed E-state index contributed by atoms with van der Waals surface area (Å²) in [6.45, 7) is 4.72. The first-order valence-corrected chi connectivity index (χ1v) is 10.9. The minimum Gasteiger partial charge on any atom is -0.485 e. The van der Waals surface area contributed by atoms with Crippen LogP contribution in [0.2, 0.25) is 0 Å². The van der Waals surface area contributed by atoms with Crippen molar-refractivity contribution in [3.63, 3.8) is 0 Å². The Hall–Kier alpha value is -2.34. The number of nitrogens with zero attached hydrogens (tertiary/aromatic N) is 1. The Morgan fingerprint density at radius 2 is 2.07 bits per heavy atom. The normalized spacial score (nSPS) is 13.9. The van der Waals surface area contributed by atoms with Gasteiger partial charge >= 0.3 is 5.97 Å². The summed E-state index contributed by atoms with van der Waals surface area (Å²) in [4.78, 5) is 25.7. The Balaban J connectivity index is 1.86. The monoisotopic (exact) mass is 399 g/mol. The minimum atomic E-state index is -1.16. The van der Waals surface area contributed by atoms with Crippen LogP contribution in [0.1, 0.15) is 79.9 Å². The van der Waals surface area contributed by atoms with E-state index < -0.39 is 11.4 Å². The Kier molecular flexibility index (Phi) is 5.15. The van der Waals surface area contributed by atoms with Gasteiger partial charge in [-0.05, 0) is 24.0 Å². The predicted molar refractivity (Wildman–Crippen MR) is 112 cm³/mol. The van der Waals surface area contributed by atoms with Gasteiger partial charge in [-0.3, -0.25) is 9.20 Å². The SMILES string of the molecule is CCCCCCCC(C)c1ccc2c3c1c(=O)c(C(=O)O)c1scc(n13)CO2. The number of hydrogen-bond donors (Lipinski definition) is 1. The largest absolute Gasteiger partial charge is 0.485 e. The van der Waals surface area contributed by atoms with Crippen molar-refractivity contribution in [3.05, 3.63) is 44.6 Å². The van der Waals surface area contributed by atoms with Gasteiger partial charge in [0.1, 0.15) is 28.3 Å².